The lowest BCUT2D eigenvalue weighted by Crippen LogP contribution is -2.27. The largest absolute Gasteiger partial charge is 0.342 e. The summed E-state index contributed by atoms with van der Waals surface area (Å²) in [5.74, 6) is -0.164. The second-order valence-corrected chi connectivity index (χ2v) is 6.10. The Hall–Kier alpha value is -3.66. The molecule has 1 amide bonds. The van der Waals surface area contributed by atoms with Gasteiger partial charge in [-0.05, 0) is 31.2 Å². The van der Waals surface area contributed by atoms with Crippen LogP contribution in [0.4, 0.5) is 5.69 Å². The van der Waals surface area contributed by atoms with Crippen LogP contribution in [0.15, 0.2) is 96.8 Å². The highest BCUT2D eigenvalue weighted by Crippen LogP contribution is 2.12. The van der Waals surface area contributed by atoms with Gasteiger partial charge in [-0.1, -0.05) is 66.2 Å². The zero-order chi connectivity index (χ0) is 19.1. The van der Waals surface area contributed by atoms with Gasteiger partial charge in [-0.3, -0.25) is 9.59 Å². The van der Waals surface area contributed by atoms with Gasteiger partial charge in [-0.25, -0.2) is 0 Å². The predicted octanol–water partition coefficient (Wildman–Crippen LogP) is 4.56. The molecule has 0 unspecified atom stereocenters. The molecule has 27 heavy (non-hydrogen) atoms. The minimum absolute atomic E-state index is 0.196. The molecule has 0 radical (unpaired) electrons. The van der Waals surface area contributed by atoms with Gasteiger partial charge >= 0.3 is 0 Å². The number of benzene rings is 3. The molecule has 3 rings (SSSR count). The fraction of sp³-hybridized carbons (Fsp3) is 0.0435. The molecule has 2 N–H and O–H groups in total. The SMILES string of the molecule is Cc1ccc(N/C(=C/C(=O)c2ccccc2)NC(=O)c2ccccc2)cc1. The molecule has 3 aromatic rings. The fourth-order valence-corrected chi connectivity index (χ4v) is 2.50. The Morgan fingerprint density at radius 2 is 1.30 bits per heavy atom. The summed E-state index contributed by atoms with van der Waals surface area (Å²) < 4.78 is 0. The van der Waals surface area contributed by atoms with E-state index >= 15 is 0 Å². The van der Waals surface area contributed by atoms with Crippen LogP contribution in [0.2, 0.25) is 0 Å². The smallest absolute Gasteiger partial charge is 0.256 e. The summed E-state index contributed by atoms with van der Waals surface area (Å²) in [6.07, 6.45) is 1.40. The van der Waals surface area contributed by atoms with Crippen LogP contribution in [-0.2, 0) is 0 Å². The van der Waals surface area contributed by atoms with Crippen molar-refractivity contribution in [1.82, 2.24) is 5.32 Å². The van der Waals surface area contributed by atoms with E-state index in [0.717, 1.165) is 11.3 Å². The molecule has 0 saturated heterocycles. The zero-order valence-electron chi connectivity index (χ0n) is 15.0. The van der Waals surface area contributed by atoms with Crippen molar-refractivity contribution in [2.24, 2.45) is 0 Å². The van der Waals surface area contributed by atoms with Gasteiger partial charge in [0.25, 0.3) is 5.91 Å². The van der Waals surface area contributed by atoms with Gasteiger partial charge in [0.15, 0.2) is 5.78 Å². The molecule has 0 fully saturated rings. The number of carbonyl (C=O) groups excluding carboxylic acids is 2. The van der Waals surface area contributed by atoms with Crippen molar-refractivity contribution in [2.75, 3.05) is 5.32 Å². The van der Waals surface area contributed by atoms with Crippen LogP contribution in [0.5, 0.6) is 0 Å². The number of anilines is 1. The normalized spacial score (nSPS) is 10.9. The third-order valence-electron chi connectivity index (χ3n) is 3.95. The first-order valence-corrected chi connectivity index (χ1v) is 8.63. The molecule has 0 heterocycles. The molecule has 0 bridgehead atoms. The van der Waals surface area contributed by atoms with Gasteiger partial charge in [0.2, 0.25) is 0 Å². The summed E-state index contributed by atoms with van der Waals surface area (Å²) in [5, 5.41) is 5.90. The third-order valence-corrected chi connectivity index (χ3v) is 3.95. The van der Waals surface area contributed by atoms with Crippen molar-refractivity contribution in [1.29, 1.82) is 0 Å². The van der Waals surface area contributed by atoms with Crippen LogP contribution in [0.25, 0.3) is 0 Å². The lowest BCUT2D eigenvalue weighted by Gasteiger charge is -2.13. The Kier molecular flexibility index (Phi) is 5.80. The van der Waals surface area contributed by atoms with Gasteiger partial charge in [-0.2, -0.15) is 0 Å². The van der Waals surface area contributed by atoms with E-state index in [1.54, 1.807) is 48.5 Å². The zero-order valence-corrected chi connectivity index (χ0v) is 15.0. The van der Waals surface area contributed by atoms with E-state index in [4.69, 9.17) is 0 Å². The van der Waals surface area contributed by atoms with E-state index in [2.05, 4.69) is 10.6 Å². The van der Waals surface area contributed by atoms with E-state index in [9.17, 15) is 9.59 Å². The molecular formula is C23H20N2O2. The Morgan fingerprint density at radius 1 is 0.741 bits per heavy atom. The molecular weight excluding hydrogens is 336 g/mol. The fourth-order valence-electron chi connectivity index (χ4n) is 2.50. The van der Waals surface area contributed by atoms with Crippen molar-refractivity contribution in [2.45, 2.75) is 6.92 Å². The Labute approximate surface area is 158 Å². The van der Waals surface area contributed by atoms with Crippen molar-refractivity contribution in [3.05, 3.63) is 114 Å². The second-order valence-electron chi connectivity index (χ2n) is 6.10. The summed E-state index contributed by atoms with van der Waals surface area (Å²) in [5.41, 5.74) is 2.97. The minimum atomic E-state index is -0.290. The van der Waals surface area contributed by atoms with Crippen LogP contribution >= 0.6 is 0 Å². The molecule has 0 spiro atoms. The quantitative estimate of drug-likeness (QED) is 0.503. The third kappa shape index (κ3) is 5.16. The number of aryl methyl sites for hydroxylation is 1. The maximum absolute atomic E-state index is 12.5. The first-order valence-electron chi connectivity index (χ1n) is 8.63. The van der Waals surface area contributed by atoms with Gasteiger partial charge in [0.1, 0.15) is 5.82 Å². The van der Waals surface area contributed by atoms with E-state index in [-0.39, 0.29) is 11.7 Å². The van der Waals surface area contributed by atoms with Crippen LogP contribution in [-0.4, -0.2) is 11.7 Å². The van der Waals surface area contributed by atoms with Crippen LogP contribution in [0.3, 0.4) is 0 Å². The highest BCUT2D eigenvalue weighted by Gasteiger charge is 2.10. The van der Waals surface area contributed by atoms with Crippen molar-refractivity contribution in [3.8, 4) is 0 Å². The number of rotatable bonds is 6. The van der Waals surface area contributed by atoms with Gasteiger partial charge in [-0.15, -0.1) is 0 Å². The molecule has 0 aromatic heterocycles. The Bertz CT molecular complexity index is 947. The number of nitrogens with one attached hydrogen (secondary N) is 2. The first-order chi connectivity index (χ1) is 13.1. The lowest BCUT2D eigenvalue weighted by molar-refractivity contribution is 0.0966. The molecule has 4 nitrogen and oxygen atoms in total. The molecule has 134 valence electrons. The topological polar surface area (TPSA) is 58.2 Å². The molecule has 4 heteroatoms. The van der Waals surface area contributed by atoms with Crippen molar-refractivity contribution < 1.29 is 9.59 Å². The van der Waals surface area contributed by atoms with Gasteiger partial charge in [0, 0.05) is 22.9 Å². The predicted molar refractivity (Wildman–Crippen MR) is 108 cm³/mol. The van der Waals surface area contributed by atoms with Crippen LogP contribution in [0.1, 0.15) is 26.3 Å². The highest BCUT2D eigenvalue weighted by atomic mass is 16.2. The van der Waals surface area contributed by atoms with Crippen LogP contribution in [0, 0.1) is 6.92 Å². The molecule has 0 aliphatic rings. The summed E-state index contributed by atoms with van der Waals surface area (Å²) in [4.78, 5) is 25.1. The molecule has 0 aliphatic heterocycles. The number of ketones is 1. The van der Waals surface area contributed by atoms with Gasteiger partial charge < -0.3 is 10.6 Å². The monoisotopic (exact) mass is 356 g/mol. The van der Waals surface area contributed by atoms with E-state index in [1.807, 2.05) is 43.3 Å². The summed E-state index contributed by atoms with van der Waals surface area (Å²) in [6, 6.07) is 25.5. The maximum atomic E-state index is 12.5. The van der Waals surface area contributed by atoms with Gasteiger partial charge in [0.05, 0.1) is 0 Å². The van der Waals surface area contributed by atoms with Crippen molar-refractivity contribution >= 4 is 17.4 Å². The Balaban J connectivity index is 1.85. The van der Waals surface area contributed by atoms with E-state index in [0.29, 0.717) is 16.9 Å². The lowest BCUT2D eigenvalue weighted by atomic mass is 10.1. The minimum Gasteiger partial charge on any atom is -0.342 e. The van der Waals surface area contributed by atoms with Crippen LogP contribution < -0.4 is 10.6 Å². The maximum Gasteiger partial charge on any atom is 0.256 e. The summed E-state index contributed by atoms with van der Waals surface area (Å²) in [7, 11) is 0. The average molecular weight is 356 g/mol. The average Bonchev–Trinajstić information content (AvgIpc) is 2.71. The summed E-state index contributed by atoms with van der Waals surface area (Å²) >= 11 is 0. The highest BCUT2D eigenvalue weighted by molar-refractivity contribution is 6.06. The number of amides is 1. The molecule has 0 saturated carbocycles. The summed E-state index contributed by atoms with van der Waals surface area (Å²) in [6.45, 7) is 2.00. The number of allylic oxidation sites excluding steroid dienone is 1. The number of hydrogen-bond donors (Lipinski definition) is 2. The first kappa shape index (κ1) is 18.1. The van der Waals surface area contributed by atoms with Crippen molar-refractivity contribution in [3.63, 3.8) is 0 Å². The standard InChI is InChI=1S/C23H20N2O2/c1-17-12-14-20(15-13-17)24-22(16-21(26)18-8-4-2-5-9-18)25-23(27)19-10-6-3-7-11-19/h2-16,24H,1H3,(H,25,27)/b22-16-. The number of hydrogen-bond acceptors (Lipinski definition) is 3. The van der Waals surface area contributed by atoms with E-state index < -0.39 is 0 Å². The number of carbonyl (C=O) groups is 2. The molecule has 3 aromatic carbocycles. The van der Waals surface area contributed by atoms with E-state index in [1.165, 1.54) is 6.08 Å². The molecule has 0 aliphatic carbocycles. The molecule has 0 atom stereocenters. The Morgan fingerprint density at radius 3 is 1.89 bits per heavy atom. The second kappa shape index (κ2) is 8.63.